The lowest BCUT2D eigenvalue weighted by atomic mass is 10.2. The molecule has 2 aromatic rings. The molecule has 2 aromatic carbocycles. The van der Waals surface area contributed by atoms with E-state index in [1.54, 1.807) is 11.8 Å². The van der Waals surface area contributed by atoms with Gasteiger partial charge in [-0.25, -0.2) is 4.99 Å². The Hall–Kier alpha value is -1.89. The highest BCUT2D eigenvalue weighted by atomic mass is 35.5. The maximum atomic E-state index is 5.86. The number of halogens is 2. The van der Waals surface area contributed by atoms with Crippen LogP contribution in [-0.2, 0) is 5.75 Å². The molecule has 0 aromatic heterocycles. The number of nitrogens with two attached hydrogens (primary N) is 3. The quantitative estimate of drug-likeness (QED) is 0.437. The summed E-state index contributed by atoms with van der Waals surface area (Å²) < 4.78 is 0. The Bertz CT molecular complexity index is 680. The third-order valence-electron chi connectivity index (χ3n) is 2.64. The molecule has 5 nitrogen and oxygen atoms in total. The molecule has 0 heterocycles. The second kappa shape index (κ2) is 9.29. The van der Waals surface area contributed by atoms with Gasteiger partial charge < -0.3 is 17.2 Å². The molecule has 0 atom stereocenters. The third-order valence-corrected chi connectivity index (χ3v) is 3.98. The average molecular weight is 370 g/mol. The molecule has 0 radical (unpaired) electrons. The highest BCUT2D eigenvalue weighted by Crippen LogP contribution is 2.25. The molecule has 6 N–H and O–H groups in total. The predicted molar refractivity (Wildman–Crippen MR) is 102 cm³/mol. The largest absolute Gasteiger partial charge is 0.370 e. The van der Waals surface area contributed by atoms with Gasteiger partial charge in [-0.05, 0) is 42.0 Å². The fourth-order valence-electron chi connectivity index (χ4n) is 1.65. The van der Waals surface area contributed by atoms with E-state index in [4.69, 9.17) is 28.8 Å². The van der Waals surface area contributed by atoms with Crippen LogP contribution >= 0.6 is 35.8 Å². The zero-order chi connectivity index (χ0) is 15.9. The maximum Gasteiger partial charge on any atom is 0.223 e. The number of hydrogen-bond acceptors (Lipinski definition) is 2. The van der Waals surface area contributed by atoms with Gasteiger partial charge in [0.05, 0.1) is 5.69 Å². The van der Waals surface area contributed by atoms with Crippen molar-refractivity contribution in [1.29, 1.82) is 0 Å². The van der Waals surface area contributed by atoms with Crippen molar-refractivity contribution in [2.45, 2.75) is 10.6 Å². The minimum Gasteiger partial charge on any atom is -0.370 e. The predicted octanol–water partition coefficient (Wildman–Crippen LogP) is 3.27. The maximum absolute atomic E-state index is 5.86. The minimum atomic E-state index is -0.114. The van der Waals surface area contributed by atoms with E-state index >= 15 is 0 Å². The van der Waals surface area contributed by atoms with Crippen molar-refractivity contribution in [1.82, 2.24) is 0 Å². The van der Waals surface area contributed by atoms with Gasteiger partial charge in [0.1, 0.15) is 0 Å². The van der Waals surface area contributed by atoms with Crippen LogP contribution in [0.3, 0.4) is 0 Å². The van der Waals surface area contributed by atoms with Gasteiger partial charge in [-0.1, -0.05) is 23.7 Å². The normalized spacial score (nSPS) is 10.7. The zero-order valence-electron chi connectivity index (χ0n) is 12.1. The summed E-state index contributed by atoms with van der Waals surface area (Å²) in [7, 11) is 0. The molecule has 0 aliphatic rings. The molecule has 122 valence electrons. The Kier molecular flexibility index (Phi) is 7.74. The molecule has 0 fully saturated rings. The first-order valence-electron chi connectivity index (χ1n) is 6.44. The van der Waals surface area contributed by atoms with Gasteiger partial charge in [0, 0.05) is 15.7 Å². The summed E-state index contributed by atoms with van der Waals surface area (Å²) in [5, 5.41) is 0.745. The Morgan fingerprint density at radius 1 is 0.957 bits per heavy atom. The van der Waals surface area contributed by atoms with E-state index in [-0.39, 0.29) is 24.3 Å². The number of thioether (sulfide) groups is 1. The van der Waals surface area contributed by atoms with E-state index in [2.05, 4.69) is 9.98 Å². The molecule has 0 amide bonds. The molecule has 0 unspecified atom stereocenters. The zero-order valence-corrected chi connectivity index (χ0v) is 14.5. The standard InChI is InChI=1S/C15H16ClN5S.ClH/c16-11-3-1-10(2-4-11)9-22-13-7-5-12(6-8-13)20-15(19)21-14(17)18;/h1-8H,9H2,(H6,17,18,19,20,21);1H. The number of nitrogens with zero attached hydrogens (tertiary/aromatic N) is 2. The Labute approximate surface area is 150 Å². The van der Waals surface area contributed by atoms with E-state index in [1.807, 2.05) is 48.5 Å². The lowest BCUT2D eigenvalue weighted by molar-refractivity contribution is 1.35. The molecule has 0 spiro atoms. The summed E-state index contributed by atoms with van der Waals surface area (Å²) in [5.74, 6) is 0.786. The van der Waals surface area contributed by atoms with E-state index < -0.39 is 0 Å². The number of benzene rings is 2. The minimum absolute atomic E-state index is 0. The fraction of sp³-hybridized carbons (Fsp3) is 0.0667. The summed E-state index contributed by atoms with van der Waals surface area (Å²) in [6.45, 7) is 0. The van der Waals surface area contributed by atoms with E-state index in [1.165, 1.54) is 5.56 Å². The molecule has 0 saturated carbocycles. The van der Waals surface area contributed by atoms with Crippen LogP contribution in [-0.4, -0.2) is 11.9 Å². The molecule has 0 aliphatic carbocycles. The second-order valence-corrected chi connectivity index (χ2v) is 5.90. The van der Waals surface area contributed by atoms with Crippen LogP contribution in [0.5, 0.6) is 0 Å². The van der Waals surface area contributed by atoms with Gasteiger partial charge in [0.15, 0.2) is 5.96 Å². The van der Waals surface area contributed by atoms with E-state index in [0.717, 1.165) is 15.7 Å². The van der Waals surface area contributed by atoms with Crippen LogP contribution in [0.1, 0.15) is 5.56 Å². The number of aliphatic imine (C=N–C) groups is 2. The lowest BCUT2D eigenvalue weighted by Gasteiger charge is -2.03. The molecule has 2 rings (SSSR count). The van der Waals surface area contributed by atoms with Crippen molar-refractivity contribution in [3.8, 4) is 0 Å². The van der Waals surface area contributed by atoms with Crippen LogP contribution in [0.2, 0.25) is 5.02 Å². The van der Waals surface area contributed by atoms with E-state index in [0.29, 0.717) is 5.69 Å². The number of guanidine groups is 2. The topological polar surface area (TPSA) is 103 Å². The first-order valence-corrected chi connectivity index (χ1v) is 7.80. The van der Waals surface area contributed by atoms with Crippen LogP contribution in [0.15, 0.2) is 63.4 Å². The monoisotopic (exact) mass is 369 g/mol. The van der Waals surface area contributed by atoms with Crippen LogP contribution in [0.4, 0.5) is 5.69 Å². The molecule has 23 heavy (non-hydrogen) atoms. The molecule has 8 heteroatoms. The SMILES string of the molecule is Cl.NC(N)=NC(N)=Nc1ccc(SCc2ccc(Cl)cc2)cc1. The first kappa shape index (κ1) is 19.2. The summed E-state index contributed by atoms with van der Waals surface area (Å²) in [4.78, 5) is 8.89. The third kappa shape index (κ3) is 6.81. The van der Waals surface area contributed by atoms with Gasteiger partial charge in [0.25, 0.3) is 0 Å². The van der Waals surface area contributed by atoms with Gasteiger partial charge in [-0.15, -0.1) is 24.2 Å². The van der Waals surface area contributed by atoms with Crippen molar-refractivity contribution < 1.29 is 0 Å². The Morgan fingerprint density at radius 3 is 2.13 bits per heavy atom. The van der Waals surface area contributed by atoms with Crippen molar-refractivity contribution in [2.24, 2.45) is 27.2 Å². The molecule has 0 bridgehead atoms. The van der Waals surface area contributed by atoms with Crippen LogP contribution in [0, 0.1) is 0 Å². The highest BCUT2D eigenvalue weighted by Gasteiger charge is 1.98. The van der Waals surface area contributed by atoms with E-state index in [9.17, 15) is 0 Å². The lowest BCUT2D eigenvalue weighted by Crippen LogP contribution is -2.26. The summed E-state index contributed by atoms with van der Waals surface area (Å²) in [6.07, 6.45) is 0. The second-order valence-electron chi connectivity index (χ2n) is 4.42. The van der Waals surface area contributed by atoms with Crippen LogP contribution in [0.25, 0.3) is 0 Å². The smallest absolute Gasteiger partial charge is 0.223 e. The number of rotatable bonds is 4. The molecular formula is C15H17Cl2N5S. The molecule has 0 aliphatic heterocycles. The molecule has 0 saturated heterocycles. The van der Waals surface area contributed by atoms with Gasteiger partial charge in [-0.2, -0.15) is 4.99 Å². The molecular weight excluding hydrogens is 353 g/mol. The Morgan fingerprint density at radius 2 is 1.57 bits per heavy atom. The van der Waals surface area contributed by atoms with Gasteiger partial charge in [0.2, 0.25) is 5.96 Å². The van der Waals surface area contributed by atoms with Crippen molar-refractivity contribution in [3.63, 3.8) is 0 Å². The van der Waals surface area contributed by atoms with Gasteiger partial charge in [-0.3, -0.25) is 0 Å². The fourth-order valence-corrected chi connectivity index (χ4v) is 2.63. The van der Waals surface area contributed by atoms with Gasteiger partial charge >= 0.3 is 0 Å². The van der Waals surface area contributed by atoms with Crippen molar-refractivity contribution >= 4 is 53.4 Å². The van der Waals surface area contributed by atoms with Crippen molar-refractivity contribution in [3.05, 3.63) is 59.1 Å². The number of hydrogen-bond donors (Lipinski definition) is 3. The summed E-state index contributed by atoms with van der Waals surface area (Å²) in [5.41, 5.74) is 17.9. The summed E-state index contributed by atoms with van der Waals surface area (Å²) >= 11 is 7.59. The van der Waals surface area contributed by atoms with Crippen molar-refractivity contribution in [2.75, 3.05) is 0 Å². The van der Waals surface area contributed by atoms with Crippen LogP contribution < -0.4 is 17.2 Å². The summed E-state index contributed by atoms with van der Waals surface area (Å²) in [6, 6.07) is 15.5. The average Bonchev–Trinajstić information content (AvgIpc) is 2.47. The Balaban J connectivity index is 0.00000264. The highest BCUT2D eigenvalue weighted by molar-refractivity contribution is 7.98. The first-order chi connectivity index (χ1) is 10.5.